The summed E-state index contributed by atoms with van der Waals surface area (Å²) >= 11 is 0. The van der Waals surface area contributed by atoms with E-state index in [1.807, 2.05) is 18.3 Å². The molecule has 32 heavy (non-hydrogen) atoms. The molecule has 1 aromatic rings. The summed E-state index contributed by atoms with van der Waals surface area (Å²) in [5.41, 5.74) is 4.09. The van der Waals surface area contributed by atoms with Crippen LogP contribution in [0.15, 0.2) is 30.0 Å². The molecule has 0 bridgehead atoms. The normalized spacial score (nSPS) is 41.6. The van der Waals surface area contributed by atoms with Gasteiger partial charge in [-0.05, 0) is 105 Å². The van der Waals surface area contributed by atoms with Crippen LogP contribution in [0.4, 0.5) is 5.69 Å². The molecule has 8 atom stereocenters. The minimum atomic E-state index is -0.112. The number of rotatable bonds is 4. The van der Waals surface area contributed by atoms with Gasteiger partial charge in [-0.25, -0.2) is 4.85 Å². The van der Waals surface area contributed by atoms with Crippen molar-refractivity contribution in [3.05, 3.63) is 47.1 Å². The summed E-state index contributed by atoms with van der Waals surface area (Å²) in [5.74, 6) is 3.97. The van der Waals surface area contributed by atoms with Crippen molar-refractivity contribution in [3.63, 3.8) is 0 Å². The van der Waals surface area contributed by atoms with E-state index in [0.29, 0.717) is 16.7 Å². The first-order chi connectivity index (χ1) is 15.4. The molecule has 0 radical (unpaired) electrons. The predicted octanol–water partition coefficient (Wildman–Crippen LogP) is 7.14. The van der Waals surface area contributed by atoms with Gasteiger partial charge in [0.05, 0.1) is 12.7 Å². The summed E-state index contributed by atoms with van der Waals surface area (Å²) in [7, 11) is 0. The van der Waals surface area contributed by atoms with Crippen LogP contribution in [0.1, 0.15) is 84.3 Å². The molecule has 0 spiro atoms. The van der Waals surface area contributed by atoms with E-state index in [1.54, 1.807) is 5.57 Å². The molecular formula is C29H40N2O. The van der Waals surface area contributed by atoms with E-state index in [4.69, 9.17) is 6.57 Å². The van der Waals surface area contributed by atoms with Crippen molar-refractivity contribution < 1.29 is 5.11 Å². The summed E-state index contributed by atoms with van der Waals surface area (Å²) in [4.78, 5) is 8.20. The van der Waals surface area contributed by atoms with Crippen molar-refractivity contribution in [2.75, 3.05) is 0 Å². The smallest absolute Gasteiger partial charge is 0.208 e. The van der Waals surface area contributed by atoms with Gasteiger partial charge in [0, 0.05) is 11.9 Å². The molecule has 4 aliphatic carbocycles. The lowest BCUT2D eigenvalue weighted by Gasteiger charge is -2.58. The van der Waals surface area contributed by atoms with E-state index in [9.17, 15) is 5.11 Å². The van der Waals surface area contributed by atoms with E-state index in [1.165, 1.54) is 38.5 Å². The van der Waals surface area contributed by atoms with E-state index in [0.717, 1.165) is 60.7 Å². The topological polar surface area (TPSA) is 37.5 Å². The first-order valence-electron chi connectivity index (χ1n) is 13.1. The van der Waals surface area contributed by atoms with Crippen LogP contribution >= 0.6 is 0 Å². The van der Waals surface area contributed by atoms with E-state index >= 15 is 0 Å². The average molecular weight is 433 g/mol. The largest absolute Gasteiger partial charge is 0.393 e. The van der Waals surface area contributed by atoms with Crippen LogP contribution in [-0.4, -0.2) is 16.2 Å². The van der Waals surface area contributed by atoms with Gasteiger partial charge < -0.3 is 5.11 Å². The zero-order valence-corrected chi connectivity index (χ0v) is 20.2. The Labute approximate surface area is 194 Å². The molecule has 0 amide bonds. The van der Waals surface area contributed by atoms with Gasteiger partial charge in [-0.2, -0.15) is 0 Å². The van der Waals surface area contributed by atoms with Crippen LogP contribution in [0, 0.1) is 47.0 Å². The molecule has 1 aromatic heterocycles. The van der Waals surface area contributed by atoms with Crippen molar-refractivity contribution in [2.45, 2.75) is 91.1 Å². The van der Waals surface area contributed by atoms with Crippen LogP contribution < -0.4 is 0 Å². The second-order valence-corrected chi connectivity index (χ2v) is 12.0. The summed E-state index contributed by atoms with van der Waals surface area (Å²) in [6.45, 7) is 15.1. The number of fused-ring (bicyclic) bond motifs is 5. The number of aryl methyl sites for hydroxylation is 1. The SMILES string of the molecule is [C-]#[N+]c1cccnc1CC[C@@H](C)[C@H]1CC[C@H]2[C@@H]3CC=C4C[C@@H](O)CC[C@]4(C)[C@H]3CC[C@]12C. The Hall–Kier alpha value is -1.66. The van der Waals surface area contributed by atoms with Gasteiger partial charge in [0.15, 0.2) is 0 Å². The quantitative estimate of drug-likeness (QED) is 0.405. The zero-order chi connectivity index (χ0) is 22.5. The molecule has 3 heteroatoms. The first-order valence-corrected chi connectivity index (χ1v) is 13.1. The number of hydrogen-bond acceptors (Lipinski definition) is 2. The predicted molar refractivity (Wildman–Crippen MR) is 129 cm³/mol. The van der Waals surface area contributed by atoms with Gasteiger partial charge in [0.25, 0.3) is 0 Å². The first kappa shape index (κ1) is 22.1. The molecule has 1 heterocycles. The molecule has 172 valence electrons. The summed E-state index contributed by atoms with van der Waals surface area (Å²) < 4.78 is 0. The van der Waals surface area contributed by atoms with Crippen molar-refractivity contribution in [3.8, 4) is 0 Å². The van der Waals surface area contributed by atoms with Gasteiger partial charge in [-0.15, -0.1) is 0 Å². The van der Waals surface area contributed by atoms with E-state index in [2.05, 4.69) is 36.7 Å². The Morgan fingerprint density at radius 2 is 2.03 bits per heavy atom. The van der Waals surface area contributed by atoms with Crippen LogP contribution in [0.25, 0.3) is 4.85 Å². The third-order valence-electron chi connectivity index (χ3n) is 10.7. The molecule has 3 saturated carbocycles. The fraction of sp³-hybridized carbons (Fsp3) is 0.724. The number of hydrogen-bond donors (Lipinski definition) is 1. The fourth-order valence-electron chi connectivity index (χ4n) is 8.91. The van der Waals surface area contributed by atoms with Crippen molar-refractivity contribution in [1.29, 1.82) is 0 Å². The Kier molecular flexibility index (Phi) is 5.73. The van der Waals surface area contributed by atoms with Gasteiger partial charge in [-0.1, -0.05) is 44.6 Å². The van der Waals surface area contributed by atoms with Crippen molar-refractivity contribution in [1.82, 2.24) is 4.98 Å². The van der Waals surface area contributed by atoms with Gasteiger partial charge in [-0.3, -0.25) is 4.98 Å². The van der Waals surface area contributed by atoms with Gasteiger partial charge >= 0.3 is 0 Å². The highest BCUT2D eigenvalue weighted by molar-refractivity contribution is 5.48. The number of nitrogens with zero attached hydrogens (tertiary/aromatic N) is 2. The average Bonchev–Trinajstić information content (AvgIpc) is 3.15. The lowest BCUT2D eigenvalue weighted by Crippen LogP contribution is -2.50. The Morgan fingerprint density at radius 1 is 1.19 bits per heavy atom. The number of aromatic nitrogens is 1. The van der Waals surface area contributed by atoms with E-state index in [-0.39, 0.29) is 6.10 Å². The maximum atomic E-state index is 10.2. The highest BCUT2D eigenvalue weighted by Crippen LogP contribution is 2.67. The lowest BCUT2D eigenvalue weighted by atomic mass is 9.47. The maximum Gasteiger partial charge on any atom is 0.208 e. The number of aliphatic hydroxyl groups is 1. The summed E-state index contributed by atoms with van der Waals surface area (Å²) in [6.07, 6.45) is 16.2. The van der Waals surface area contributed by atoms with E-state index < -0.39 is 0 Å². The number of aliphatic hydroxyl groups excluding tert-OH is 1. The van der Waals surface area contributed by atoms with Crippen LogP contribution in [0.2, 0.25) is 0 Å². The molecular weight excluding hydrogens is 392 g/mol. The Morgan fingerprint density at radius 3 is 2.84 bits per heavy atom. The monoisotopic (exact) mass is 432 g/mol. The van der Waals surface area contributed by atoms with Crippen LogP contribution in [0.5, 0.6) is 0 Å². The third kappa shape index (κ3) is 3.45. The minimum Gasteiger partial charge on any atom is -0.393 e. The number of allylic oxidation sites excluding steroid dienone is 1. The van der Waals surface area contributed by atoms with Gasteiger partial charge in [0.2, 0.25) is 5.69 Å². The Bertz CT molecular complexity index is 931. The molecule has 0 aliphatic heterocycles. The third-order valence-corrected chi connectivity index (χ3v) is 10.7. The fourth-order valence-corrected chi connectivity index (χ4v) is 8.91. The molecule has 4 aliphatic rings. The molecule has 0 saturated heterocycles. The highest BCUT2D eigenvalue weighted by atomic mass is 16.3. The minimum absolute atomic E-state index is 0.112. The van der Waals surface area contributed by atoms with Crippen LogP contribution in [0.3, 0.4) is 0 Å². The second kappa shape index (κ2) is 8.28. The van der Waals surface area contributed by atoms with Crippen molar-refractivity contribution in [2.24, 2.45) is 40.4 Å². The van der Waals surface area contributed by atoms with Gasteiger partial charge in [0.1, 0.15) is 0 Å². The molecule has 0 aromatic carbocycles. The molecule has 5 rings (SSSR count). The Balaban J connectivity index is 1.31. The molecule has 3 nitrogen and oxygen atoms in total. The maximum absolute atomic E-state index is 10.2. The lowest BCUT2D eigenvalue weighted by molar-refractivity contribution is -0.0571. The number of pyridine rings is 1. The summed E-state index contributed by atoms with van der Waals surface area (Å²) in [6, 6.07) is 3.78. The standard InChI is InChI=1S/C29H40N2O/c1-19(7-12-27-26(30-4)6-5-17-31-27)23-10-11-24-22-9-8-20-18-21(32)13-15-28(20,2)25(22)14-16-29(23,24)3/h5-6,8,17,19,21-25,32H,7,9-16,18H2,1-3H3/t19-,21+,22+,23-,24+,25+,28+,29-/m1/s1. The van der Waals surface area contributed by atoms with Crippen LogP contribution in [-0.2, 0) is 6.42 Å². The summed E-state index contributed by atoms with van der Waals surface area (Å²) in [5, 5.41) is 10.2. The highest BCUT2D eigenvalue weighted by Gasteiger charge is 2.59. The molecule has 1 N–H and O–H groups in total. The molecule has 0 unspecified atom stereocenters. The zero-order valence-electron chi connectivity index (χ0n) is 20.2. The second-order valence-electron chi connectivity index (χ2n) is 12.0. The van der Waals surface area contributed by atoms with Crippen molar-refractivity contribution >= 4 is 5.69 Å². The molecule has 3 fully saturated rings.